The van der Waals surface area contributed by atoms with Gasteiger partial charge in [0, 0.05) is 26.2 Å². The van der Waals surface area contributed by atoms with Crippen LogP contribution in [0.4, 0.5) is 0 Å². The number of benzene rings is 1. The van der Waals surface area contributed by atoms with Crippen molar-refractivity contribution in [2.24, 2.45) is 5.92 Å². The molecule has 9 nitrogen and oxygen atoms in total. The highest BCUT2D eigenvalue weighted by Crippen LogP contribution is 2.27. The van der Waals surface area contributed by atoms with E-state index in [1.54, 1.807) is 24.0 Å². The number of carbonyl (C=O) groups is 2. The van der Waals surface area contributed by atoms with E-state index in [9.17, 15) is 23.1 Å². The van der Waals surface area contributed by atoms with Crippen LogP contribution >= 0.6 is 0 Å². The van der Waals surface area contributed by atoms with Gasteiger partial charge < -0.3 is 19.7 Å². The molecule has 2 heterocycles. The fourth-order valence-corrected chi connectivity index (χ4v) is 5.04. The third kappa shape index (κ3) is 4.91. The van der Waals surface area contributed by atoms with Gasteiger partial charge in [-0.15, -0.1) is 0 Å². The van der Waals surface area contributed by atoms with Crippen molar-refractivity contribution in [2.75, 3.05) is 26.2 Å². The maximum atomic E-state index is 13.0. The zero-order chi connectivity index (χ0) is 22.8. The monoisotopic (exact) mass is 449 g/mol. The van der Waals surface area contributed by atoms with E-state index < -0.39 is 22.0 Å². The lowest BCUT2D eigenvalue weighted by Crippen LogP contribution is -2.57. The standard InChI is InChI=1S/C21H27N3O6S/c1-14(2)19(22-20(26)17-5-4-12-30-17)21(27)23-8-10-24(11-9-23)31(28,29)18-13-15(3)6-7-16(18)25/h4-7,12-14,19,25H,8-11H2,1-3H3,(H,22,26). The van der Waals surface area contributed by atoms with E-state index in [0.717, 1.165) is 5.56 Å². The lowest BCUT2D eigenvalue weighted by atomic mass is 10.0. The highest BCUT2D eigenvalue weighted by Gasteiger charge is 2.35. The quantitative estimate of drug-likeness (QED) is 0.691. The highest BCUT2D eigenvalue weighted by molar-refractivity contribution is 7.89. The average Bonchev–Trinajstić information content (AvgIpc) is 3.28. The summed E-state index contributed by atoms with van der Waals surface area (Å²) in [7, 11) is -3.89. The third-order valence-corrected chi connectivity index (χ3v) is 7.18. The second-order valence-corrected chi connectivity index (χ2v) is 9.78. The summed E-state index contributed by atoms with van der Waals surface area (Å²) >= 11 is 0. The zero-order valence-corrected chi connectivity index (χ0v) is 18.6. The first-order valence-electron chi connectivity index (χ1n) is 10.0. The number of nitrogens with one attached hydrogen (secondary N) is 1. The molecule has 2 N–H and O–H groups in total. The molecule has 168 valence electrons. The Morgan fingerprint density at radius 2 is 1.81 bits per heavy atom. The summed E-state index contributed by atoms with van der Waals surface area (Å²) in [4.78, 5) is 26.8. The molecule has 2 amide bonds. The van der Waals surface area contributed by atoms with Crippen molar-refractivity contribution in [3.63, 3.8) is 0 Å². The van der Waals surface area contributed by atoms with E-state index >= 15 is 0 Å². The number of aryl methyl sites for hydroxylation is 1. The van der Waals surface area contributed by atoms with Crippen molar-refractivity contribution in [3.8, 4) is 5.75 Å². The molecule has 1 atom stereocenters. The van der Waals surface area contributed by atoms with Gasteiger partial charge in [-0.25, -0.2) is 8.42 Å². The highest BCUT2D eigenvalue weighted by atomic mass is 32.2. The Balaban J connectivity index is 1.68. The van der Waals surface area contributed by atoms with Crippen molar-refractivity contribution in [3.05, 3.63) is 47.9 Å². The number of amides is 2. The van der Waals surface area contributed by atoms with Gasteiger partial charge in [0.25, 0.3) is 5.91 Å². The molecule has 1 aliphatic heterocycles. The molecular formula is C21H27N3O6S. The average molecular weight is 450 g/mol. The van der Waals surface area contributed by atoms with Crippen LogP contribution in [0.25, 0.3) is 0 Å². The van der Waals surface area contributed by atoms with Gasteiger partial charge in [0.2, 0.25) is 15.9 Å². The summed E-state index contributed by atoms with van der Waals surface area (Å²) in [6, 6.07) is 6.77. The van der Waals surface area contributed by atoms with Crippen LogP contribution in [-0.4, -0.2) is 66.8 Å². The van der Waals surface area contributed by atoms with Gasteiger partial charge in [0.05, 0.1) is 6.26 Å². The summed E-state index contributed by atoms with van der Waals surface area (Å²) < 4.78 is 32.2. The molecule has 1 aromatic carbocycles. The number of nitrogens with zero attached hydrogens (tertiary/aromatic N) is 2. The van der Waals surface area contributed by atoms with Crippen LogP contribution in [0.15, 0.2) is 45.9 Å². The zero-order valence-electron chi connectivity index (χ0n) is 17.7. The van der Waals surface area contributed by atoms with Crippen molar-refractivity contribution >= 4 is 21.8 Å². The fourth-order valence-electron chi connectivity index (χ4n) is 3.45. The molecule has 0 spiro atoms. The lowest BCUT2D eigenvalue weighted by Gasteiger charge is -2.36. The van der Waals surface area contributed by atoms with Gasteiger partial charge in [-0.05, 0) is 42.7 Å². The SMILES string of the molecule is Cc1ccc(O)c(S(=O)(=O)N2CCN(C(=O)C(NC(=O)c3ccco3)C(C)C)CC2)c1. The van der Waals surface area contributed by atoms with Crippen molar-refractivity contribution < 1.29 is 27.5 Å². The Morgan fingerprint density at radius 1 is 1.13 bits per heavy atom. The van der Waals surface area contributed by atoms with Crippen LogP contribution in [0.2, 0.25) is 0 Å². The number of phenolic OH excluding ortho intramolecular Hbond substituents is 1. The Bertz CT molecular complexity index is 1040. The molecule has 1 aromatic heterocycles. The Hall–Kier alpha value is -2.85. The normalized spacial score (nSPS) is 16.3. The fraction of sp³-hybridized carbons (Fsp3) is 0.429. The van der Waals surface area contributed by atoms with Gasteiger partial charge in [-0.3, -0.25) is 9.59 Å². The van der Waals surface area contributed by atoms with E-state index in [1.165, 1.54) is 28.8 Å². The van der Waals surface area contributed by atoms with E-state index in [4.69, 9.17) is 4.42 Å². The maximum Gasteiger partial charge on any atom is 0.287 e. The number of furan rings is 1. The molecule has 1 aliphatic rings. The van der Waals surface area contributed by atoms with Crippen LogP contribution in [-0.2, 0) is 14.8 Å². The van der Waals surface area contributed by atoms with Crippen LogP contribution in [0, 0.1) is 12.8 Å². The minimum Gasteiger partial charge on any atom is -0.507 e. The van der Waals surface area contributed by atoms with E-state index in [0.29, 0.717) is 0 Å². The largest absolute Gasteiger partial charge is 0.507 e. The Kier molecular flexibility index (Phi) is 6.71. The first-order chi connectivity index (χ1) is 14.6. The number of hydrogen-bond donors (Lipinski definition) is 2. The van der Waals surface area contributed by atoms with E-state index in [2.05, 4.69) is 5.32 Å². The van der Waals surface area contributed by atoms with Gasteiger partial charge in [-0.1, -0.05) is 19.9 Å². The van der Waals surface area contributed by atoms with Crippen LogP contribution in [0.3, 0.4) is 0 Å². The molecule has 1 unspecified atom stereocenters. The second kappa shape index (κ2) is 9.11. The summed E-state index contributed by atoms with van der Waals surface area (Å²) in [5.41, 5.74) is 0.720. The van der Waals surface area contributed by atoms with Gasteiger partial charge in [0.1, 0.15) is 16.7 Å². The smallest absolute Gasteiger partial charge is 0.287 e. The number of aromatic hydroxyl groups is 1. The molecular weight excluding hydrogens is 422 g/mol. The number of phenols is 1. The summed E-state index contributed by atoms with van der Waals surface area (Å²) in [6.45, 7) is 5.96. The van der Waals surface area contributed by atoms with Gasteiger partial charge >= 0.3 is 0 Å². The molecule has 1 fully saturated rings. The maximum absolute atomic E-state index is 13.0. The molecule has 0 bridgehead atoms. The number of carbonyl (C=O) groups excluding carboxylic acids is 2. The Labute approximate surface area is 181 Å². The van der Waals surface area contributed by atoms with Crippen LogP contribution < -0.4 is 5.32 Å². The summed E-state index contributed by atoms with van der Waals surface area (Å²) in [6.07, 6.45) is 1.38. The first kappa shape index (κ1) is 22.8. The minimum atomic E-state index is -3.89. The first-order valence-corrected chi connectivity index (χ1v) is 11.5. The van der Waals surface area contributed by atoms with Crippen molar-refractivity contribution in [1.82, 2.24) is 14.5 Å². The number of piperazine rings is 1. The molecule has 31 heavy (non-hydrogen) atoms. The van der Waals surface area contributed by atoms with E-state index in [1.807, 2.05) is 13.8 Å². The predicted octanol–water partition coefficient (Wildman–Crippen LogP) is 1.58. The molecule has 2 aromatic rings. The molecule has 0 saturated carbocycles. The minimum absolute atomic E-state index is 0.0956. The van der Waals surface area contributed by atoms with Gasteiger partial charge in [0.15, 0.2) is 5.76 Å². The van der Waals surface area contributed by atoms with E-state index in [-0.39, 0.29) is 54.4 Å². The summed E-state index contributed by atoms with van der Waals surface area (Å²) in [5, 5.41) is 12.7. The molecule has 10 heteroatoms. The van der Waals surface area contributed by atoms with Crippen molar-refractivity contribution in [2.45, 2.75) is 31.7 Å². The second-order valence-electron chi connectivity index (χ2n) is 7.87. The van der Waals surface area contributed by atoms with Gasteiger partial charge in [-0.2, -0.15) is 4.31 Å². The van der Waals surface area contributed by atoms with Crippen molar-refractivity contribution in [1.29, 1.82) is 0 Å². The number of rotatable bonds is 6. The van der Waals surface area contributed by atoms with Crippen LogP contribution in [0.5, 0.6) is 5.75 Å². The number of hydrogen-bond acceptors (Lipinski definition) is 6. The summed E-state index contributed by atoms with van der Waals surface area (Å²) in [5.74, 6) is -1.10. The topological polar surface area (TPSA) is 120 Å². The molecule has 3 rings (SSSR count). The predicted molar refractivity (Wildman–Crippen MR) is 113 cm³/mol. The van der Waals surface area contributed by atoms with Crippen LogP contribution in [0.1, 0.15) is 30.0 Å². The molecule has 1 saturated heterocycles. The number of sulfonamides is 1. The third-order valence-electron chi connectivity index (χ3n) is 5.25. The molecule has 0 aliphatic carbocycles. The lowest BCUT2D eigenvalue weighted by molar-refractivity contribution is -0.135. The molecule has 0 radical (unpaired) electrons. The Morgan fingerprint density at radius 3 is 2.39 bits per heavy atom.